The molecule has 4 rings (SSSR count). The van der Waals surface area contributed by atoms with Crippen LogP contribution >= 0.6 is 11.8 Å². The van der Waals surface area contributed by atoms with Gasteiger partial charge in [-0.1, -0.05) is 38.1 Å². The van der Waals surface area contributed by atoms with Crippen LogP contribution in [-0.2, 0) is 19.1 Å². The molecule has 0 aromatic carbocycles. The van der Waals surface area contributed by atoms with Gasteiger partial charge in [0.25, 0.3) is 0 Å². The van der Waals surface area contributed by atoms with Crippen molar-refractivity contribution in [2.24, 2.45) is 28.6 Å². The fraction of sp³-hybridized carbons (Fsp3) is 0.800. The van der Waals surface area contributed by atoms with E-state index in [1.54, 1.807) is 6.92 Å². The SMILES string of the molecule is CCC(=O)O[C@H]1CC[C@@H]2[C@]1(C)CC[C@@H]1[C@@H]3CCC(=O)C=C(C3)C[C@@H](SC(C)=O)[C@]12C. The lowest BCUT2D eigenvalue weighted by Crippen LogP contribution is -2.55. The van der Waals surface area contributed by atoms with Crippen LogP contribution in [0.4, 0.5) is 0 Å². The average Bonchev–Trinajstić information content (AvgIpc) is 2.83. The van der Waals surface area contributed by atoms with E-state index in [1.165, 1.54) is 17.3 Å². The third-order valence-corrected chi connectivity index (χ3v) is 10.3. The zero-order chi connectivity index (χ0) is 21.7. The molecule has 0 spiro atoms. The standard InChI is InChI=1S/C25H36O4S/c1-5-23(28)29-21-9-8-20-24(21,3)11-10-19-17-6-7-18(27)13-16(12-17)14-22(25(19,20)4)30-15(2)26/h13,17,19-22H,5-12,14H2,1-4H3/t17-,19-,20-,21+,22-,24+,25-/m1/s1. The van der Waals surface area contributed by atoms with Gasteiger partial charge in [0.1, 0.15) is 6.10 Å². The first-order valence-electron chi connectivity index (χ1n) is 11.8. The Bertz CT molecular complexity index is 773. The number of carbonyl (C=O) groups is 3. The molecule has 3 saturated carbocycles. The molecule has 0 aliphatic heterocycles. The molecule has 30 heavy (non-hydrogen) atoms. The first kappa shape index (κ1) is 22.1. The van der Waals surface area contributed by atoms with E-state index in [1.807, 2.05) is 13.0 Å². The van der Waals surface area contributed by atoms with Crippen molar-refractivity contribution in [3.8, 4) is 0 Å². The van der Waals surface area contributed by atoms with Crippen LogP contribution in [-0.4, -0.2) is 28.2 Å². The molecule has 0 amide bonds. The minimum atomic E-state index is -0.0966. The average molecular weight is 433 g/mol. The van der Waals surface area contributed by atoms with Crippen LogP contribution < -0.4 is 0 Å². The van der Waals surface area contributed by atoms with Crippen molar-refractivity contribution in [1.82, 2.24) is 0 Å². The number of ketones is 1. The molecule has 0 unspecified atom stereocenters. The van der Waals surface area contributed by atoms with Gasteiger partial charge in [-0.25, -0.2) is 0 Å². The number of carbonyl (C=O) groups excluding carboxylic acids is 3. The van der Waals surface area contributed by atoms with Crippen LogP contribution in [0.3, 0.4) is 0 Å². The summed E-state index contributed by atoms with van der Waals surface area (Å²) in [6.07, 6.45) is 9.94. The summed E-state index contributed by atoms with van der Waals surface area (Å²) in [6, 6.07) is 0. The van der Waals surface area contributed by atoms with Crippen molar-refractivity contribution in [3.05, 3.63) is 11.6 Å². The van der Waals surface area contributed by atoms with E-state index in [9.17, 15) is 14.4 Å². The zero-order valence-electron chi connectivity index (χ0n) is 18.9. The van der Waals surface area contributed by atoms with E-state index >= 15 is 0 Å². The number of thioether (sulfide) groups is 1. The minimum absolute atomic E-state index is 0.0113. The van der Waals surface area contributed by atoms with Crippen LogP contribution in [0.5, 0.6) is 0 Å². The summed E-state index contributed by atoms with van der Waals surface area (Å²) in [5.74, 6) is 1.64. The molecule has 3 fully saturated rings. The molecule has 7 atom stereocenters. The van der Waals surface area contributed by atoms with Crippen molar-refractivity contribution < 1.29 is 19.1 Å². The number of fused-ring (bicyclic) bond motifs is 6. The second-order valence-electron chi connectivity index (χ2n) is 10.6. The summed E-state index contributed by atoms with van der Waals surface area (Å²) in [7, 11) is 0. The molecule has 4 nitrogen and oxygen atoms in total. The largest absolute Gasteiger partial charge is 0.462 e. The highest BCUT2D eigenvalue weighted by molar-refractivity contribution is 8.14. The Morgan fingerprint density at radius 1 is 1.17 bits per heavy atom. The second-order valence-corrected chi connectivity index (χ2v) is 11.9. The third kappa shape index (κ3) is 3.59. The number of allylic oxidation sites excluding steroid dienone is 2. The molecule has 0 heterocycles. The van der Waals surface area contributed by atoms with E-state index in [2.05, 4.69) is 13.8 Å². The Labute approximate surface area is 185 Å². The molecule has 0 saturated heterocycles. The molecule has 0 aromatic heterocycles. The van der Waals surface area contributed by atoms with Gasteiger partial charge in [-0.2, -0.15) is 0 Å². The summed E-state index contributed by atoms with van der Waals surface area (Å²) in [5.41, 5.74) is 1.24. The number of ether oxygens (including phenoxy) is 1. The lowest BCUT2D eigenvalue weighted by atomic mass is 9.49. The first-order valence-corrected chi connectivity index (χ1v) is 12.7. The van der Waals surface area contributed by atoms with Crippen molar-refractivity contribution in [1.29, 1.82) is 0 Å². The smallest absolute Gasteiger partial charge is 0.305 e. The Hall–Kier alpha value is -1.10. The Morgan fingerprint density at radius 2 is 1.93 bits per heavy atom. The number of esters is 1. The Kier molecular flexibility index (Phi) is 5.97. The summed E-state index contributed by atoms with van der Waals surface area (Å²) >= 11 is 1.50. The highest BCUT2D eigenvalue weighted by Gasteiger charge is 2.64. The Morgan fingerprint density at radius 3 is 2.63 bits per heavy atom. The highest BCUT2D eigenvalue weighted by Crippen LogP contribution is 2.68. The molecule has 4 aliphatic carbocycles. The van der Waals surface area contributed by atoms with Gasteiger partial charge < -0.3 is 4.74 Å². The molecule has 4 aliphatic rings. The minimum Gasteiger partial charge on any atom is -0.462 e. The molecule has 0 N–H and O–H groups in total. The van der Waals surface area contributed by atoms with Gasteiger partial charge in [0.05, 0.1) is 0 Å². The first-order chi connectivity index (χ1) is 14.2. The topological polar surface area (TPSA) is 60.4 Å². The fourth-order valence-electron chi connectivity index (χ4n) is 7.67. The van der Waals surface area contributed by atoms with Crippen molar-refractivity contribution in [3.63, 3.8) is 0 Å². The van der Waals surface area contributed by atoms with Gasteiger partial charge in [0.15, 0.2) is 10.9 Å². The molecular weight excluding hydrogens is 396 g/mol. The quantitative estimate of drug-likeness (QED) is 0.552. The highest BCUT2D eigenvalue weighted by atomic mass is 32.2. The summed E-state index contributed by atoms with van der Waals surface area (Å²) in [5, 5.41) is 0.354. The van der Waals surface area contributed by atoms with Crippen LogP contribution in [0, 0.1) is 28.6 Å². The van der Waals surface area contributed by atoms with Crippen LogP contribution in [0.2, 0.25) is 0 Å². The summed E-state index contributed by atoms with van der Waals surface area (Å²) in [6.45, 7) is 8.30. The van der Waals surface area contributed by atoms with Gasteiger partial charge in [-0.3, -0.25) is 14.4 Å². The van der Waals surface area contributed by atoms with Crippen molar-refractivity contribution >= 4 is 28.6 Å². The second kappa shape index (κ2) is 8.11. The van der Waals surface area contributed by atoms with Crippen LogP contribution in [0.1, 0.15) is 85.5 Å². The zero-order valence-corrected chi connectivity index (χ0v) is 19.7. The lowest BCUT2D eigenvalue weighted by molar-refractivity contribution is -0.161. The van der Waals surface area contributed by atoms with E-state index in [0.29, 0.717) is 30.6 Å². The predicted octanol–water partition coefficient (Wildman–Crippen LogP) is 5.49. The van der Waals surface area contributed by atoms with E-state index < -0.39 is 0 Å². The number of rotatable bonds is 3. The van der Waals surface area contributed by atoms with Gasteiger partial charge >= 0.3 is 5.97 Å². The molecule has 2 bridgehead atoms. The van der Waals surface area contributed by atoms with E-state index in [-0.39, 0.29) is 39.1 Å². The van der Waals surface area contributed by atoms with Gasteiger partial charge in [-0.15, -0.1) is 0 Å². The fourth-order valence-corrected chi connectivity index (χ4v) is 8.97. The monoisotopic (exact) mass is 432 g/mol. The molecule has 0 aromatic rings. The maximum absolute atomic E-state index is 12.3. The normalized spacial score (nSPS) is 43.0. The predicted molar refractivity (Wildman–Crippen MR) is 119 cm³/mol. The lowest BCUT2D eigenvalue weighted by Gasteiger charge is -2.58. The van der Waals surface area contributed by atoms with Crippen molar-refractivity contribution in [2.75, 3.05) is 0 Å². The van der Waals surface area contributed by atoms with Crippen molar-refractivity contribution in [2.45, 2.75) is 96.8 Å². The number of hydrogen-bond donors (Lipinski definition) is 0. The van der Waals surface area contributed by atoms with Gasteiger partial charge in [0.2, 0.25) is 0 Å². The van der Waals surface area contributed by atoms with E-state index in [0.717, 1.165) is 44.9 Å². The summed E-state index contributed by atoms with van der Waals surface area (Å²) in [4.78, 5) is 36.7. The van der Waals surface area contributed by atoms with Crippen LogP contribution in [0.25, 0.3) is 0 Å². The molecule has 0 radical (unpaired) electrons. The maximum Gasteiger partial charge on any atom is 0.305 e. The number of hydrogen-bond acceptors (Lipinski definition) is 5. The van der Waals surface area contributed by atoms with E-state index in [4.69, 9.17) is 4.74 Å². The van der Waals surface area contributed by atoms with Crippen LogP contribution in [0.15, 0.2) is 11.6 Å². The van der Waals surface area contributed by atoms with Gasteiger partial charge in [0, 0.05) is 30.4 Å². The van der Waals surface area contributed by atoms with Gasteiger partial charge in [-0.05, 0) is 74.2 Å². The summed E-state index contributed by atoms with van der Waals surface area (Å²) < 4.78 is 5.96. The molecule has 166 valence electrons. The Balaban J connectivity index is 1.74. The molecule has 5 heteroatoms. The third-order valence-electron chi connectivity index (χ3n) is 9.02. The maximum atomic E-state index is 12.3. The molecular formula is C25H36O4S.